The maximum Gasteiger partial charge on any atom is 0.191 e. The molecule has 0 aromatic carbocycles. The van der Waals surface area contributed by atoms with Gasteiger partial charge < -0.3 is 20.4 Å². The van der Waals surface area contributed by atoms with Crippen molar-refractivity contribution in [2.75, 3.05) is 73.0 Å². The number of hydrogen-bond donors (Lipinski definition) is 2. The number of nitrogens with zero attached hydrogens (tertiary/aromatic N) is 4. The fourth-order valence-corrected chi connectivity index (χ4v) is 4.37. The molecule has 28 heavy (non-hydrogen) atoms. The van der Waals surface area contributed by atoms with Crippen LogP contribution in [0.4, 0.5) is 0 Å². The Morgan fingerprint density at radius 3 is 2.18 bits per heavy atom. The van der Waals surface area contributed by atoms with E-state index in [1.54, 1.807) is 0 Å². The zero-order valence-electron chi connectivity index (χ0n) is 19.1. The van der Waals surface area contributed by atoms with E-state index in [1.807, 2.05) is 7.05 Å². The minimum atomic E-state index is 0.592. The highest BCUT2D eigenvalue weighted by Gasteiger charge is 2.22. The number of likely N-dealkylation sites (tertiary alicyclic amines) is 1. The average molecular weight is 395 g/mol. The number of hydrogen-bond acceptors (Lipinski definition) is 4. The number of unbranched alkanes of at least 4 members (excludes halogenated alkanes) is 1. The minimum Gasteiger partial charge on any atom is -0.356 e. The quantitative estimate of drug-likeness (QED) is 0.356. The van der Waals surface area contributed by atoms with Crippen LogP contribution in [0.1, 0.15) is 52.4 Å². The highest BCUT2D eigenvalue weighted by Crippen LogP contribution is 2.17. The van der Waals surface area contributed by atoms with Crippen LogP contribution in [0.25, 0.3) is 0 Å². The Bertz CT molecular complexity index is 423. The second-order valence-corrected chi connectivity index (χ2v) is 8.99. The Morgan fingerprint density at radius 2 is 1.57 bits per heavy atom. The van der Waals surface area contributed by atoms with Gasteiger partial charge in [0.2, 0.25) is 0 Å². The lowest BCUT2D eigenvalue weighted by atomic mass is 10.0. The largest absolute Gasteiger partial charge is 0.356 e. The topological polar surface area (TPSA) is 46.1 Å². The van der Waals surface area contributed by atoms with E-state index in [9.17, 15) is 0 Å². The molecule has 0 bridgehead atoms. The summed E-state index contributed by atoms with van der Waals surface area (Å²) in [6.45, 7) is 15.3. The van der Waals surface area contributed by atoms with E-state index in [2.05, 4.69) is 51.2 Å². The molecule has 2 saturated heterocycles. The molecular formula is C22H46N6. The van der Waals surface area contributed by atoms with Crippen LogP contribution in [0.15, 0.2) is 4.99 Å². The Morgan fingerprint density at radius 1 is 0.893 bits per heavy atom. The standard InChI is InChI=1S/C22H46N6/c1-20(2)21(28-13-8-5-6-9-14-28)19-25-22(23-3)24-11-7-10-12-27-17-15-26(4)16-18-27/h20-21H,5-19H2,1-4H3,(H2,23,24,25). The molecule has 6 heteroatoms. The van der Waals surface area contributed by atoms with E-state index in [0.29, 0.717) is 12.0 Å². The van der Waals surface area contributed by atoms with Crippen LogP contribution < -0.4 is 10.6 Å². The van der Waals surface area contributed by atoms with Crippen molar-refractivity contribution >= 4 is 5.96 Å². The van der Waals surface area contributed by atoms with Crippen LogP contribution >= 0.6 is 0 Å². The number of aliphatic imine (C=N–C) groups is 1. The van der Waals surface area contributed by atoms with Crippen LogP contribution in [0.2, 0.25) is 0 Å². The SMILES string of the molecule is CN=C(NCCCCN1CCN(C)CC1)NCC(C(C)C)N1CCCCCC1. The summed E-state index contributed by atoms with van der Waals surface area (Å²) in [7, 11) is 4.10. The first-order valence-corrected chi connectivity index (χ1v) is 11.7. The van der Waals surface area contributed by atoms with Crippen molar-refractivity contribution in [2.45, 2.75) is 58.4 Å². The molecule has 2 rings (SSSR count). The molecule has 0 aromatic heterocycles. The van der Waals surface area contributed by atoms with Crippen molar-refractivity contribution in [3.05, 3.63) is 0 Å². The third kappa shape index (κ3) is 8.66. The zero-order chi connectivity index (χ0) is 20.2. The van der Waals surface area contributed by atoms with Crippen molar-refractivity contribution < 1.29 is 0 Å². The van der Waals surface area contributed by atoms with E-state index in [0.717, 1.165) is 19.0 Å². The molecule has 6 nitrogen and oxygen atoms in total. The molecule has 2 fully saturated rings. The number of nitrogens with one attached hydrogen (secondary N) is 2. The summed E-state index contributed by atoms with van der Waals surface area (Å²) in [5.74, 6) is 1.62. The summed E-state index contributed by atoms with van der Waals surface area (Å²) >= 11 is 0. The monoisotopic (exact) mass is 394 g/mol. The molecule has 0 saturated carbocycles. The summed E-state index contributed by atoms with van der Waals surface area (Å²) in [4.78, 5) is 12.2. The van der Waals surface area contributed by atoms with Gasteiger partial charge >= 0.3 is 0 Å². The lowest BCUT2D eigenvalue weighted by Crippen LogP contribution is -2.49. The fraction of sp³-hybridized carbons (Fsp3) is 0.955. The summed E-state index contributed by atoms with van der Waals surface area (Å²) in [5, 5.41) is 7.11. The third-order valence-corrected chi connectivity index (χ3v) is 6.37. The first-order valence-electron chi connectivity index (χ1n) is 11.7. The fourth-order valence-electron chi connectivity index (χ4n) is 4.37. The zero-order valence-corrected chi connectivity index (χ0v) is 19.1. The lowest BCUT2D eigenvalue weighted by molar-refractivity contribution is 0.152. The van der Waals surface area contributed by atoms with Gasteiger partial charge in [-0.15, -0.1) is 0 Å². The van der Waals surface area contributed by atoms with Gasteiger partial charge in [0, 0.05) is 52.4 Å². The molecule has 2 aliphatic rings. The average Bonchev–Trinajstić information content (AvgIpc) is 2.97. The molecule has 2 heterocycles. The molecular weight excluding hydrogens is 348 g/mol. The number of piperazine rings is 1. The van der Waals surface area contributed by atoms with Gasteiger partial charge in [0.05, 0.1) is 0 Å². The van der Waals surface area contributed by atoms with Gasteiger partial charge in [-0.1, -0.05) is 26.7 Å². The van der Waals surface area contributed by atoms with E-state index < -0.39 is 0 Å². The van der Waals surface area contributed by atoms with Gasteiger partial charge in [-0.2, -0.15) is 0 Å². The molecule has 164 valence electrons. The lowest BCUT2D eigenvalue weighted by Gasteiger charge is -2.34. The van der Waals surface area contributed by atoms with E-state index in [-0.39, 0.29) is 0 Å². The van der Waals surface area contributed by atoms with E-state index in [1.165, 1.54) is 84.3 Å². The van der Waals surface area contributed by atoms with Crippen molar-refractivity contribution in [1.82, 2.24) is 25.3 Å². The van der Waals surface area contributed by atoms with Gasteiger partial charge in [-0.05, 0) is 58.3 Å². The summed E-state index contributed by atoms with van der Waals surface area (Å²) in [5.41, 5.74) is 0. The van der Waals surface area contributed by atoms with Gasteiger partial charge in [-0.25, -0.2) is 0 Å². The smallest absolute Gasteiger partial charge is 0.191 e. The molecule has 0 radical (unpaired) electrons. The van der Waals surface area contributed by atoms with Gasteiger partial charge in [-0.3, -0.25) is 9.89 Å². The molecule has 0 aromatic rings. The Hall–Kier alpha value is -0.850. The molecule has 0 spiro atoms. The maximum atomic E-state index is 4.44. The maximum absolute atomic E-state index is 4.44. The predicted molar refractivity (Wildman–Crippen MR) is 121 cm³/mol. The molecule has 0 amide bonds. The molecule has 1 unspecified atom stereocenters. The predicted octanol–water partition coefficient (Wildman–Crippen LogP) is 2.08. The highest BCUT2D eigenvalue weighted by atomic mass is 15.2. The second-order valence-electron chi connectivity index (χ2n) is 8.99. The van der Waals surface area contributed by atoms with Crippen molar-refractivity contribution in [3.63, 3.8) is 0 Å². The number of likely N-dealkylation sites (N-methyl/N-ethyl adjacent to an activating group) is 1. The minimum absolute atomic E-state index is 0.592. The second kappa shape index (κ2) is 13.4. The van der Waals surface area contributed by atoms with Gasteiger partial charge in [0.1, 0.15) is 0 Å². The first-order chi connectivity index (χ1) is 13.6. The molecule has 0 aliphatic carbocycles. The van der Waals surface area contributed by atoms with Crippen LogP contribution in [0, 0.1) is 5.92 Å². The summed E-state index contributed by atoms with van der Waals surface area (Å²) < 4.78 is 0. The number of guanidine groups is 1. The van der Waals surface area contributed by atoms with Crippen molar-refractivity contribution in [3.8, 4) is 0 Å². The van der Waals surface area contributed by atoms with E-state index in [4.69, 9.17) is 0 Å². The summed E-state index contributed by atoms with van der Waals surface area (Å²) in [6.07, 6.45) is 7.95. The Balaban J connectivity index is 1.62. The molecule has 1 atom stereocenters. The van der Waals surface area contributed by atoms with Crippen molar-refractivity contribution in [1.29, 1.82) is 0 Å². The van der Waals surface area contributed by atoms with Crippen molar-refractivity contribution in [2.24, 2.45) is 10.9 Å². The van der Waals surface area contributed by atoms with E-state index >= 15 is 0 Å². The normalized spacial score (nSPS) is 22.2. The van der Waals surface area contributed by atoms with Crippen LogP contribution in [-0.2, 0) is 0 Å². The first kappa shape index (κ1) is 23.4. The molecule has 2 aliphatic heterocycles. The van der Waals surface area contributed by atoms with Crippen LogP contribution in [0.5, 0.6) is 0 Å². The Labute approximate surface area is 174 Å². The highest BCUT2D eigenvalue weighted by molar-refractivity contribution is 5.79. The van der Waals surface area contributed by atoms with Gasteiger partial charge in [0.25, 0.3) is 0 Å². The van der Waals surface area contributed by atoms with Gasteiger partial charge in [0.15, 0.2) is 5.96 Å². The third-order valence-electron chi connectivity index (χ3n) is 6.37. The summed E-state index contributed by atoms with van der Waals surface area (Å²) in [6, 6.07) is 0.592. The molecule has 2 N–H and O–H groups in total. The van der Waals surface area contributed by atoms with Crippen LogP contribution in [0.3, 0.4) is 0 Å². The Kier molecular flexibility index (Phi) is 11.2. The van der Waals surface area contributed by atoms with Crippen LogP contribution in [-0.4, -0.2) is 99.7 Å². The number of rotatable bonds is 9.